The molecule has 4 aromatic rings. The Balaban J connectivity index is 1.54. The standard InChI is InChI=1S/C18H12ClN3OS/c19-14-8-4-7-13(9-14)18-20-15(11-24-18)10-16-21-22-17(23-16)12-5-2-1-3-6-12/h1-9,11H,10H2. The summed E-state index contributed by atoms with van der Waals surface area (Å²) in [6, 6.07) is 17.4. The number of halogens is 1. The lowest BCUT2D eigenvalue weighted by atomic mass is 10.2. The molecule has 2 aromatic heterocycles. The summed E-state index contributed by atoms with van der Waals surface area (Å²) in [4.78, 5) is 4.63. The van der Waals surface area contributed by atoms with E-state index < -0.39 is 0 Å². The quantitative estimate of drug-likeness (QED) is 0.512. The number of benzene rings is 2. The third kappa shape index (κ3) is 3.22. The molecule has 0 saturated heterocycles. The minimum absolute atomic E-state index is 0.511. The van der Waals surface area contributed by atoms with Crippen LogP contribution in [-0.4, -0.2) is 15.2 Å². The summed E-state index contributed by atoms with van der Waals surface area (Å²) in [7, 11) is 0. The van der Waals surface area contributed by atoms with Crippen molar-refractivity contribution in [3.8, 4) is 22.0 Å². The minimum Gasteiger partial charge on any atom is -0.420 e. The van der Waals surface area contributed by atoms with Gasteiger partial charge >= 0.3 is 0 Å². The zero-order valence-corrected chi connectivity index (χ0v) is 14.1. The van der Waals surface area contributed by atoms with Gasteiger partial charge < -0.3 is 4.42 Å². The first kappa shape index (κ1) is 15.1. The highest BCUT2D eigenvalue weighted by atomic mass is 35.5. The molecule has 2 aromatic carbocycles. The van der Waals surface area contributed by atoms with E-state index in [-0.39, 0.29) is 0 Å². The molecule has 2 heterocycles. The van der Waals surface area contributed by atoms with Crippen LogP contribution in [0.5, 0.6) is 0 Å². The van der Waals surface area contributed by atoms with E-state index in [4.69, 9.17) is 16.0 Å². The second-order valence-electron chi connectivity index (χ2n) is 5.20. The first-order valence-corrected chi connectivity index (χ1v) is 8.62. The van der Waals surface area contributed by atoms with Crippen molar-refractivity contribution in [1.29, 1.82) is 0 Å². The first-order valence-electron chi connectivity index (χ1n) is 7.36. The summed E-state index contributed by atoms with van der Waals surface area (Å²) in [6.07, 6.45) is 0.511. The molecule has 0 aliphatic carbocycles. The van der Waals surface area contributed by atoms with Crippen LogP contribution in [0.1, 0.15) is 11.6 Å². The van der Waals surface area contributed by atoms with Gasteiger partial charge in [-0.25, -0.2) is 4.98 Å². The average molecular weight is 354 g/mol. The highest BCUT2D eigenvalue weighted by molar-refractivity contribution is 7.13. The maximum atomic E-state index is 6.04. The third-order valence-electron chi connectivity index (χ3n) is 3.44. The van der Waals surface area contributed by atoms with Gasteiger partial charge in [-0.2, -0.15) is 0 Å². The SMILES string of the molecule is Clc1cccc(-c2nc(Cc3nnc(-c4ccccc4)o3)cs2)c1. The topological polar surface area (TPSA) is 51.8 Å². The zero-order chi connectivity index (χ0) is 16.4. The van der Waals surface area contributed by atoms with Gasteiger partial charge in [0.25, 0.3) is 0 Å². The van der Waals surface area contributed by atoms with E-state index in [0.29, 0.717) is 23.2 Å². The molecule has 0 amide bonds. The lowest BCUT2D eigenvalue weighted by Crippen LogP contribution is -1.88. The van der Waals surface area contributed by atoms with Crippen molar-refractivity contribution in [2.75, 3.05) is 0 Å². The normalized spacial score (nSPS) is 10.9. The van der Waals surface area contributed by atoms with E-state index in [9.17, 15) is 0 Å². The Hall–Kier alpha value is -2.50. The number of hydrogen-bond acceptors (Lipinski definition) is 5. The predicted molar refractivity (Wildman–Crippen MR) is 95.1 cm³/mol. The van der Waals surface area contributed by atoms with Gasteiger partial charge in [-0.15, -0.1) is 21.5 Å². The molecule has 4 nitrogen and oxygen atoms in total. The maximum Gasteiger partial charge on any atom is 0.247 e. The molecule has 0 bridgehead atoms. The Morgan fingerprint density at radius 3 is 2.62 bits per heavy atom. The van der Waals surface area contributed by atoms with Crippen LogP contribution >= 0.6 is 22.9 Å². The van der Waals surface area contributed by atoms with Crippen LogP contribution in [0, 0.1) is 0 Å². The van der Waals surface area contributed by atoms with Gasteiger partial charge in [-0.05, 0) is 24.3 Å². The van der Waals surface area contributed by atoms with Gasteiger partial charge in [0.2, 0.25) is 11.8 Å². The Bertz CT molecular complexity index is 965. The predicted octanol–water partition coefficient (Wildman–Crippen LogP) is 5.10. The summed E-state index contributed by atoms with van der Waals surface area (Å²) in [5, 5.41) is 11.8. The molecule has 0 atom stereocenters. The summed E-state index contributed by atoms with van der Waals surface area (Å²) >= 11 is 7.61. The Morgan fingerprint density at radius 1 is 0.958 bits per heavy atom. The van der Waals surface area contributed by atoms with Crippen LogP contribution in [0.3, 0.4) is 0 Å². The number of aromatic nitrogens is 3. The van der Waals surface area contributed by atoms with Gasteiger partial charge in [0.15, 0.2) is 0 Å². The van der Waals surface area contributed by atoms with Crippen molar-refractivity contribution >= 4 is 22.9 Å². The molecule has 0 radical (unpaired) electrons. The van der Waals surface area contributed by atoms with Gasteiger partial charge in [-0.1, -0.05) is 41.9 Å². The van der Waals surface area contributed by atoms with Crippen molar-refractivity contribution in [2.45, 2.75) is 6.42 Å². The molecule has 0 unspecified atom stereocenters. The smallest absolute Gasteiger partial charge is 0.247 e. The molecule has 0 saturated carbocycles. The molecule has 0 N–H and O–H groups in total. The monoisotopic (exact) mass is 353 g/mol. The number of nitrogens with zero attached hydrogens (tertiary/aromatic N) is 3. The molecule has 0 aliphatic heterocycles. The molecule has 118 valence electrons. The van der Waals surface area contributed by atoms with E-state index in [0.717, 1.165) is 21.8 Å². The Kier molecular flexibility index (Phi) is 4.11. The minimum atomic E-state index is 0.511. The van der Waals surface area contributed by atoms with E-state index in [1.54, 1.807) is 11.3 Å². The highest BCUT2D eigenvalue weighted by Crippen LogP contribution is 2.27. The van der Waals surface area contributed by atoms with E-state index in [1.165, 1.54) is 0 Å². The number of rotatable bonds is 4. The molecule has 0 fully saturated rings. The largest absolute Gasteiger partial charge is 0.420 e. The maximum absolute atomic E-state index is 6.04. The Labute approximate surface area is 147 Å². The van der Waals surface area contributed by atoms with Crippen LogP contribution in [-0.2, 0) is 6.42 Å². The molecule has 24 heavy (non-hydrogen) atoms. The highest BCUT2D eigenvalue weighted by Gasteiger charge is 2.11. The van der Waals surface area contributed by atoms with Crippen LogP contribution < -0.4 is 0 Å². The summed E-state index contributed by atoms with van der Waals surface area (Å²) in [6.45, 7) is 0. The van der Waals surface area contributed by atoms with Crippen molar-refractivity contribution < 1.29 is 4.42 Å². The van der Waals surface area contributed by atoms with Crippen molar-refractivity contribution in [3.63, 3.8) is 0 Å². The van der Waals surface area contributed by atoms with Gasteiger partial charge in [0, 0.05) is 21.5 Å². The lowest BCUT2D eigenvalue weighted by Gasteiger charge is -1.96. The summed E-state index contributed by atoms with van der Waals surface area (Å²) in [5.41, 5.74) is 2.82. The van der Waals surface area contributed by atoms with Gasteiger partial charge in [-0.3, -0.25) is 0 Å². The molecule has 4 rings (SSSR count). The average Bonchev–Trinajstić information content (AvgIpc) is 3.26. The van der Waals surface area contributed by atoms with E-state index in [1.807, 2.05) is 60.0 Å². The van der Waals surface area contributed by atoms with Gasteiger partial charge in [0.1, 0.15) is 5.01 Å². The fourth-order valence-electron chi connectivity index (χ4n) is 2.32. The van der Waals surface area contributed by atoms with E-state index >= 15 is 0 Å². The first-order chi connectivity index (χ1) is 11.8. The van der Waals surface area contributed by atoms with Crippen molar-refractivity contribution in [3.05, 3.63) is 76.6 Å². The lowest BCUT2D eigenvalue weighted by molar-refractivity contribution is 0.516. The number of thiazole rings is 1. The molecule has 0 spiro atoms. The van der Waals surface area contributed by atoms with Crippen LogP contribution in [0.25, 0.3) is 22.0 Å². The zero-order valence-electron chi connectivity index (χ0n) is 12.5. The second-order valence-corrected chi connectivity index (χ2v) is 6.49. The van der Waals surface area contributed by atoms with Crippen molar-refractivity contribution in [2.24, 2.45) is 0 Å². The number of hydrogen-bond donors (Lipinski definition) is 0. The van der Waals surface area contributed by atoms with E-state index in [2.05, 4.69) is 15.2 Å². The second kappa shape index (κ2) is 6.55. The fraction of sp³-hybridized carbons (Fsp3) is 0.0556. The molecule has 6 heteroatoms. The fourth-order valence-corrected chi connectivity index (χ4v) is 3.33. The van der Waals surface area contributed by atoms with Crippen LogP contribution in [0.15, 0.2) is 64.4 Å². The summed E-state index contributed by atoms with van der Waals surface area (Å²) < 4.78 is 5.73. The van der Waals surface area contributed by atoms with Crippen molar-refractivity contribution in [1.82, 2.24) is 15.2 Å². The summed E-state index contributed by atoms with van der Waals surface area (Å²) in [5.74, 6) is 1.08. The third-order valence-corrected chi connectivity index (χ3v) is 4.62. The van der Waals surface area contributed by atoms with Crippen LogP contribution in [0.2, 0.25) is 5.02 Å². The molecular weight excluding hydrogens is 342 g/mol. The molecule has 0 aliphatic rings. The Morgan fingerprint density at radius 2 is 1.79 bits per heavy atom. The van der Waals surface area contributed by atoms with Gasteiger partial charge in [0.05, 0.1) is 12.1 Å². The molecular formula is C18H12ClN3OS. The van der Waals surface area contributed by atoms with Crippen LogP contribution in [0.4, 0.5) is 0 Å².